The van der Waals surface area contributed by atoms with Crippen molar-refractivity contribution in [2.45, 2.75) is 38.2 Å². The molecule has 3 heteroatoms. The van der Waals surface area contributed by atoms with Crippen LogP contribution in [0.15, 0.2) is 0 Å². The number of aldehydes is 1. The van der Waals surface area contributed by atoms with Crippen LogP contribution in [-0.2, 0) is 9.59 Å². The fraction of sp³-hybridized carbons (Fsp3) is 0.800. The highest BCUT2D eigenvalue weighted by Gasteiger charge is 2.50. The lowest BCUT2D eigenvalue weighted by Crippen LogP contribution is -2.50. The summed E-state index contributed by atoms with van der Waals surface area (Å²) in [7, 11) is 0. The Morgan fingerprint density at radius 2 is 2.38 bits per heavy atom. The topological polar surface area (TPSA) is 54.4 Å². The van der Waals surface area contributed by atoms with E-state index in [1.165, 1.54) is 0 Å². The molecule has 0 spiro atoms. The maximum absolute atomic E-state index is 11.5. The van der Waals surface area contributed by atoms with Gasteiger partial charge in [-0.25, -0.2) is 0 Å². The molecule has 0 heterocycles. The summed E-state index contributed by atoms with van der Waals surface area (Å²) in [6.45, 7) is 0. The molecule has 3 aliphatic rings. The number of fused-ring (bicyclic) bond motifs is 3. The fourth-order valence-corrected chi connectivity index (χ4v) is 2.73. The highest BCUT2D eigenvalue weighted by Crippen LogP contribution is 2.50. The first-order chi connectivity index (χ1) is 6.18. The van der Waals surface area contributed by atoms with E-state index in [1.54, 1.807) is 0 Å². The van der Waals surface area contributed by atoms with E-state index in [0.717, 1.165) is 19.1 Å². The van der Waals surface area contributed by atoms with Crippen LogP contribution in [-0.4, -0.2) is 23.3 Å². The van der Waals surface area contributed by atoms with Gasteiger partial charge in [0.05, 0.1) is 6.10 Å². The van der Waals surface area contributed by atoms with Crippen LogP contribution in [0.4, 0.5) is 0 Å². The molecule has 3 rings (SSSR count). The summed E-state index contributed by atoms with van der Waals surface area (Å²) in [6, 6.07) is 0. The summed E-state index contributed by atoms with van der Waals surface area (Å²) in [6.07, 6.45) is 3.43. The van der Waals surface area contributed by atoms with E-state index in [1.807, 2.05) is 0 Å². The predicted octanol–water partition coefficient (Wildman–Crippen LogP) is 0.696. The first-order valence-corrected chi connectivity index (χ1v) is 4.82. The van der Waals surface area contributed by atoms with Crippen molar-refractivity contribution in [1.29, 1.82) is 0 Å². The molecule has 3 fully saturated rings. The minimum atomic E-state index is -0.436. The lowest BCUT2D eigenvalue weighted by molar-refractivity contribution is -0.147. The molecule has 72 valence electrons. The second kappa shape index (κ2) is 2.91. The molecular weight excluding hydrogens is 168 g/mol. The van der Waals surface area contributed by atoms with Crippen LogP contribution >= 0.6 is 0 Å². The summed E-state index contributed by atoms with van der Waals surface area (Å²) in [5.41, 5.74) is -0.395. The maximum Gasteiger partial charge on any atom is 0.136 e. The van der Waals surface area contributed by atoms with Gasteiger partial charge in [-0.05, 0) is 19.3 Å². The van der Waals surface area contributed by atoms with Crippen molar-refractivity contribution >= 4 is 12.1 Å². The Hall–Kier alpha value is -0.700. The first-order valence-electron chi connectivity index (χ1n) is 4.82. The van der Waals surface area contributed by atoms with E-state index in [4.69, 9.17) is 0 Å². The Bertz CT molecular complexity index is 249. The van der Waals surface area contributed by atoms with Gasteiger partial charge in [0.1, 0.15) is 12.1 Å². The van der Waals surface area contributed by atoms with Gasteiger partial charge in [-0.1, -0.05) is 0 Å². The molecule has 3 nitrogen and oxygen atoms in total. The van der Waals surface area contributed by atoms with Gasteiger partial charge in [-0.2, -0.15) is 0 Å². The summed E-state index contributed by atoms with van der Waals surface area (Å²) in [4.78, 5) is 21.9. The number of carbonyl (C=O) groups excluding carboxylic acids is 2. The summed E-state index contributed by atoms with van der Waals surface area (Å²) in [5, 5.41) is 9.79. The third-order valence-corrected chi connectivity index (χ3v) is 3.68. The number of hydrogen-bond acceptors (Lipinski definition) is 3. The molecule has 2 bridgehead atoms. The van der Waals surface area contributed by atoms with Crippen molar-refractivity contribution in [3.63, 3.8) is 0 Å². The van der Waals surface area contributed by atoms with Gasteiger partial charge >= 0.3 is 0 Å². The number of aliphatic hydroxyl groups excluding tert-OH is 1. The molecule has 0 aliphatic heterocycles. The van der Waals surface area contributed by atoms with Gasteiger partial charge in [0.2, 0.25) is 0 Å². The molecule has 0 aromatic carbocycles. The number of ketones is 1. The SMILES string of the molecule is O=CCC12CCC(CC1O)C(=O)C2. The van der Waals surface area contributed by atoms with Crippen molar-refractivity contribution in [3.8, 4) is 0 Å². The van der Waals surface area contributed by atoms with Gasteiger partial charge in [-0.3, -0.25) is 4.79 Å². The minimum absolute atomic E-state index is 0.0727. The highest BCUT2D eigenvalue weighted by molar-refractivity contribution is 5.84. The number of hydrogen-bond donors (Lipinski definition) is 1. The lowest BCUT2D eigenvalue weighted by Gasteiger charge is -2.48. The van der Waals surface area contributed by atoms with Gasteiger partial charge in [0.25, 0.3) is 0 Å². The Morgan fingerprint density at radius 3 is 2.92 bits per heavy atom. The van der Waals surface area contributed by atoms with E-state index in [0.29, 0.717) is 19.3 Å². The molecule has 3 aliphatic carbocycles. The molecule has 13 heavy (non-hydrogen) atoms. The minimum Gasteiger partial charge on any atom is -0.392 e. The van der Waals surface area contributed by atoms with E-state index >= 15 is 0 Å². The van der Waals surface area contributed by atoms with E-state index in [9.17, 15) is 14.7 Å². The Kier molecular flexibility index (Phi) is 1.99. The van der Waals surface area contributed by atoms with Crippen LogP contribution in [0.5, 0.6) is 0 Å². The number of aliphatic hydroxyl groups is 1. The van der Waals surface area contributed by atoms with Crippen LogP contribution in [0, 0.1) is 11.3 Å². The Balaban J connectivity index is 2.23. The largest absolute Gasteiger partial charge is 0.392 e. The third-order valence-electron chi connectivity index (χ3n) is 3.68. The predicted molar refractivity (Wildman–Crippen MR) is 46.1 cm³/mol. The van der Waals surface area contributed by atoms with Crippen LogP contribution in [0.2, 0.25) is 0 Å². The van der Waals surface area contributed by atoms with Crippen molar-refractivity contribution in [3.05, 3.63) is 0 Å². The summed E-state index contributed by atoms with van der Waals surface area (Å²) < 4.78 is 0. The Morgan fingerprint density at radius 1 is 1.62 bits per heavy atom. The zero-order valence-electron chi connectivity index (χ0n) is 7.53. The van der Waals surface area contributed by atoms with Crippen LogP contribution in [0.1, 0.15) is 32.1 Å². The summed E-state index contributed by atoms with van der Waals surface area (Å²) in [5.74, 6) is 0.321. The maximum atomic E-state index is 11.5. The van der Waals surface area contributed by atoms with E-state index in [2.05, 4.69) is 0 Å². The van der Waals surface area contributed by atoms with Gasteiger partial charge in [0, 0.05) is 24.2 Å². The zero-order chi connectivity index (χ0) is 9.47. The van der Waals surface area contributed by atoms with Crippen molar-refractivity contribution < 1.29 is 14.7 Å². The van der Waals surface area contributed by atoms with Crippen molar-refractivity contribution in [1.82, 2.24) is 0 Å². The average molecular weight is 182 g/mol. The molecule has 1 N–H and O–H groups in total. The van der Waals surface area contributed by atoms with Crippen LogP contribution in [0.25, 0.3) is 0 Å². The standard InChI is InChI=1S/C10H14O3/c11-4-3-10-2-1-7(5-9(10)13)8(12)6-10/h4,7,9,13H,1-3,5-6H2. The van der Waals surface area contributed by atoms with Gasteiger partial charge in [0.15, 0.2) is 0 Å². The van der Waals surface area contributed by atoms with E-state index < -0.39 is 11.5 Å². The highest BCUT2D eigenvalue weighted by atomic mass is 16.3. The second-order valence-corrected chi connectivity index (χ2v) is 4.36. The van der Waals surface area contributed by atoms with E-state index in [-0.39, 0.29) is 11.7 Å². The first kappa shape index (κ1) is 8.88. The normalized spacial score (nSPS) is 43.6. The van der Waals surface area contributed by atoms with Crippen molar-refractivity contribution in [2.24, 2.45) is 11.3 Å². The van der Waals surface area contributed by atoms with Gasteiger partial charge < -0.3 is 9.90 Å². The second-order valence-electron chi connectivity index (χ2n) is 4.36. The number of rotatable bonds is 2. The molecule has 0 aromatic heterocycles. The number of Topliss-reactive ketones (excluding diaryl/α,β-unsaturated/α-hetero) is 1. The van der Waals surface area contributed by atoms with Crippen LogP contribution < -0.4 is 0 Å². The van der Waals surface area contributed by atoms with Crippen LogP contribution in [0.3, 0.4) is 0 Å². The average Bonchev–Trinajstić information content (AvgIpc) is 2.08. The van der Waals surface area contributed by atoms with Gasteiger partial charge in [-0.15, -0.1) is 0 Å². The lowest BCUT2D eigenvalue weighted by atomic mass is 9.57. The molecule has 0 amide bonds. The molecule has 0 radical (unpaired) electrons. The molecular formula is C10H14O3. The zero-order valence-corrected chi connectivity index (χ0v) is 7.53. The Labute approximate surface area is 77.1 Å². The fourth-order valence-electron chi connectivity index (χ4n) is 2.73. The molecule has 0 aromatic rings. The molecule has 0 saturated heterocycles. The monoisotopic (exact) mass is 182 g/mol. The summed E-state index contributed by atoms with van der Waals surface area (Å²) >= 11 is 0. The molecule has 3 saturated carbocycles. The number of carbonyl (C=O) groups is 2. The van der Waals surface area contributed by atoms with Crippen molar-refractivity contribution in [2.75, 3.05) is 0 Å². The molecule has 3 unspecified atom stereocenters. The quantitative estimate of drug-likeness (QED) is 0.639. The molecule has 3 atom stereocenters. The third kappa shape index (κ3) is 1.22. The smallest absolute Gasteiger partial charge is 0.136 e.